The molecule has 0 atom stereocenters. The monoisotopic (exact) mass is 293 g/mol. The quantitative estimate of drug-likeness (QED) is 0.763. The van der Waals surface area contributed by atoms with E-state index in [0.29, 0.717) is 13.1 Å². The van der Waals surface area contributed by atoms with E-state index in [-0.39, 0.29) is 0 Å². The predicted octanol–water partition coefficient (Wildman–Crippen LogP) is 0.500. The Hall–Kier alpha value is -2.57. The minimum absolute atomic E-state index is 0.338. The van der Waals surface area contributed by atoms with Crippen LogP contribution in [-0.2, 0) is 16.1 Å². The summed E-state index contributed by atoms with van der Waals surface area (Å²) in [6.45, 7) is 1.53. The Morgan fingerprint density at radius 2 is 1.71 bits per heavy atom. The fraction of sp³-hybridized carbons (Fsp3) is 0.357. The third kappa shape index (κ3) is 5.52. The van der Waals surface area contributed by atoms with Crippen molar-refractivity contribution < 1.29 is 19.5 Å². The molecule has 0 fully saturated rings. The van der Waals surface area contributed by atoms with E-state index in [9.17, 15) is 14.4 Å². The second kappa shape index (κ2) is 7.88. The summed E-state index contributed by atoms with van der Waals surface area (Å²) in [7, 11) is 0. The van der Waals surface area contributed by atoms with Gasteiger partial charge in [-0.05, 0) is 12.5 Å². The molecule has 0 unspecified atom stereocenters. The maximum absolute atomic E-state index is 12.3. The first-order valence-electron chi connectivity index (χ1n) is 6.52. The van der Waals surface area contributed by atoms with Gasteiger partial charge in [-0.25, -0.2) is 4.79 Å². The summed E-state index contributed by atoms with van der Waals surface area (Å²) in [6, 6.07) is 8.78. The van der Waals surface area contributed by atoms with Gasteiger partial charge in [-0.2, -0.15) is 0 Å². The van der Waals surface area contributed by atoms with Crippen LogP contribution in [-0.4, -0.2) is 52.4 Å². The normalized spacial score (nSPS) is 9.95. The van der Waals surface area contributed by atoms with Gasteiger partial charge in [-0.15, -0.1) is 0 Å². The van der Waals surface area contributed by atoms with Crippen LogP contribution in [0.2, 0.25) is 0 Å². The predicted molar refractivity (Wildman–Crippen MR) is 76.3 cm³/mol. The molecular formula is C14H19N3O4. The third-order valence-electron chi connectivity index (χ3n) is 2.81. The van der Waals surface area contributed by atoms with Gasteiger partial charge in [0.05, 0.1) is 0 Å². The van der Waals surface area contributed by atoms with E-state index in [2.05, 4.69) is 0 Å². The van der Waals surface area contributed by atoms with Crippen LogP contribution in [0.25, 0.3) is 0 Å². The van der Waals surface area contributed by atoms with Crippen molar-refractivity contribution in [3.63, 3.8) is 0 Å². The molecule has 3 amide bonds. The molecule has 114 valence electrons. The molecule has 1 rings (SSSR count). The van der Waals surface area contributed by atoms with Gasteiger partial charge in [0.1, 0.15) is 13.1 Å². The summed E-state index contributed by atoms with van der Waals surface area (Å²) < 4.78 is 0. The van der Waals surface area contributed by atoms with Crippen LogP contribution in [0.4, 0.5) is 4.79 Å². The van der Waals surface area contributed by atoms with Gasteiger partial charge in [0.25, 0.3) is 0 Å². The molecule has 0 aliphatic heterocycles. The second-order valence-corrected chi connectivity index (χ2v) is 4.50. The molecule has 21 heavy (non-hydrogen) atoms. The highest BCUT2D eigenvalue weighted by molar-refractivity contribution is 5.85. The minimum atomic E-state index is -1.19. The SMILES string of the molecule is CCN(Cc1ccccc1)C(=O)N(CC(N)=O)CC(=O)O. The molecule has 0 radical (unpaired) electrons. The molecule has 0 spiro atoms. The highest BCUT2D eigenvalue weighted by Gasteiger charge is 2.23. The highest BCUT2D eigenvalue weighted by Crippen LogP contribution is 2.07. The van der Waals surface area contributed by atoms with Crippen LogP contribution in [0, 0.1) is 0 Å². The zero-order valence-corrected chi connectivity index (χ0v) is 11.9. The van der Waals surface area contributed by atoms with Crippen LogP contribution < -0.4 is 5.73 Å². The molecule has 0 aromatic heterocycles. The van der Waals surface area contributed by atoms with Crippen molar-refractivity contribution in [3.05, 3.63) is 35.9 Å². The summed E-state index contributed by atoms with van der Waals surface area (Å²) in [6.07, 6.45) is 0. The molecule has 1 aromatic rings. The zero-order chi connectivity index (χ0) is 15.8. The van der Waals surface area contributed by atoms with Crippen molar-refractivity contribution in [1.29, 1.82) is 0 Å². The van der Waals surface area contributed by atoms with Crippen molar-refractivity contribution in [2.45, 2.75) is 13.5 Å². The number of hydrogen-bond acceptors (Lipinski definition) is 3. The van der Waals surface area contributed by atoms with Crippen molar-refractivity contribution in [2.24, 2.45) is 5.73 Å². The van der Waals surface area contributed by atoms with Crippen LogP contribution in [0.1, 0.15) is 12.5 Å². The summed E-state index contributed by atoms with van der Waals surface area (Å²) in [5.74, 6) is -1.94. The molecule has 3 N–H and O–H groups in total. The number of carbonyl (C=O) groups is 3. The number of primary amides is 1. The van der Waals surface area contributed by atoms with Crippen LogP contribution >= 0.6 is 0 Å². The fourth-order valence-corrected chi connectivity index (χ4v) is 1.86. The van der Waals surface area contributed by atoms with Gasteiger partial charge >= 0.3 is 12.0 Å². The van der Waals surface area contributed by atoms with Crippen molar-refractivity contribution in [3.8, 4) is 0 Å². The van der Waals surface area contributed by atoms with E-state index in [1.54, 1.807) is 6.92 Å². The number of urea groups is 1. The zero-order valence-electron chi connectivity index (χ0n) is 11.9. The number of aliphatic carboxylic acids is 1. The van der Waals surface area contributed by atoms with Gasteiger partial charge in [-0.1, -0.05) is 30.3 Å². The number of rotatable bonds is 7. The van der Waals surface area contributed by atoms with Gasteiger partial charge in [0.15, 0.2) is 0 Å². The Morgan fingerprint density at radius 3 is 2.19 bits per heavy atom. The molecule has 0 aliphatic carbocycles. The molecule has 7 heteroatoms. The minimum Gasteiger partial charge on any atom is -0.480 e. The lowest BCUT2D eigenvalue weighted by atomic mass is 10.2. The average Bonchev–Trinajstić information content (AvgIpc) is 2.43. The number of nitrogens with two attached hydrogens (primary N) is 1. The summed E-state index contributed by atoms with van der Waals surface area (Å²) in [4.78, 5) is 36.5. The Balaban J connectivity index is 2.82. The Labute approximate surface area is 122 Å². The number of amides is 3. The van der Waals surface area contributed by atoms with E-state index in [1.807, 2.05) is 30.3 Å². The Morgan fingerprint density at radius 1 is 1.10 bits per heavy atom. The lowest BCUT2D eigenvalue weighted by Crippen LogP contribution is -2.48. The van der Waals surface area contributed by atoms with Gasteiger partial charge in [0.2, 0.25) is 5.91 Å². The maximum atomic E-state index is 12.3. The topological polar surface area (TPSA) is 104 Å². The van der Waals surface area contributed by atoms with E-state index in [0.717, 1.165) is 10.5 Å². The first kappa shape index (κ1) is 16.5. The van der Waals surface area contributed by atoms with Gasteiger partial charge in [0, 0.05) is 13.1 Å². The summed E-state index contributed by atoms with van der Waals surface area (Å²) in [5, 5.41) is 8.83. The molecule has 7 nitrogen and oxygen atoms in total. The Bertz CT molecular complexity index is 488. The summed E-state index contributed by atoms with van der Waals surface area (Å²) in [5.41, 5.74) is 5.98. The number of carboxylic acids is 1. The van der Waals surface area contributed by atoms with Crippen molar-refractivity contribution in [1.82, 2.24) is 9.80 Å². The smallest absolute Gasteiger partial charge is 0.323 e. The largest absolute Gasteiger partial charge is 0.480 e. The van der Waals surface area contributed by atoms with Crippen LogP contribution in [0.15, 0.2) is 30.3 Å². The first-order valence-corrected chi connectivity index (χ1v) is 6.52. The molecule has 0 aliphatic rings. The fourth-order valence-electron chi connectivity index (χ4n) is 1.86. The maximum Gasteiger partial charge on any atom is 0.323 e. The standard InChI is InChI=1S/C14H19N3O4/c1-2-16(8-11-6-4-3-5-7-11)14(21)17(9-12(15)18)10-13(19)20/h3-7H,2,8-10H2,1H3,(H2,15,18)(H,19,20). The van der Waals surface area contributed by atoms with Gasteiger partial charge in [-0.3, -0.25) is 9.59 Å². The lowest BCUT2D eigenvalue weighted by Gasteiger charge is -2.28. The lowest BCUT2D eigenvalue weighted by molar-refractivity contribution is -0.138. The molecule has 1 aromatic carbocycles. The van der Waals surface area contributed by atoms with E-state index >= 15 is 0 Å². The molecular weight excluding hydrogens is 274 g/mol. The van der Waals surface area contributed by atoms with Crippen LogP contribution in [0.5, 0.6) is 0 Å². The van der Waals surface area contributed by atoms with Crippen molar-refractivity contribution >= 4 is 17.9 Å². The first-order chi connectivity index (χ1) is 9.93. The number of carbonyl (C=O) groups excluding carboxylic acids is 2. The van der Waals surface area contributed by atoms with Gasteiger partial charge < -0.3 is 20.6 Å². The number of carboxylic acid groups (broad SMARTS) is 1. The molecule has 0 saturated carbocycles. The third-order valence-corrected chi connectivity index (χ3v) is 2.81. The van der Waals surface area contributed by atoms with E-state index < -0.39 is 31.0 Å². The van der Waals surface area contributed by atoms with Crippen molar-refractivity contribution in [2.75, 3.05) is 19.6 Å². The second-order valence-electron chi connectivity index (χ2n) is 4.50. The van der Waals surface area contributed by atoms with E-state index in [4.69, 9.17) is 10.8 Å². The number of hydrogen-bond donors (Lipinski definition) is 2. The molecule has 0 bridgehead atoms. The Kier molecular flexibility index (Phi) is 6.19. The van der Waals surface area contributed by atoms with Crippen LogP contribution in [0.3, 0.4) is 0 Å². The number of nitrogens with zero attached hydrogens (tertiary/aromatic N) is 2. The van der Waals surface area contributed by atoms with E-state index in [1.165, 1.54) is 4.90 Å². The molecule has 0 heterocycles. The summed E-state index contributed by atoms with van der Waals surface area (Å²) >= 11 is 0. The molecule has 0 saturated heterocycles. The number of benzene rings is 1. The average molecular weight is 293 g/mol. The highest BCUT2D eigenvalue weighted by atomic mass is 16.4.